The molecular formula is C12H14O4S. The van der Waals surface area contributed by atoms with E-state index in [-0.39, 0.29) is 17.5 Å². The van der Waals surface area contributed by atoms with Gasteiger partial charge >= 0.3 is 10.1 Å². The number of carbonyl (C=O) groups is 1. The van der Waals surface area contributed by atoms with E-state index in [2.05, 4.69) is 0 Å². The second-order valence-electron chi connectivity index (χ2n) is 4.18. The third-order valence-corrected chi connectivity index (χ3v) is 4.07. The molecule has 1 aromatic carbocycles. The minimum absolute atomic E-state index is 0.0550. The zero-order chi connectivity index (χ0) is 12.6. The molecule has 0 N–H and O–H groups in total. The van der Waals surface area contributed by atoms with Crippen LogP contribution in [0.4, 0.5) is 0 Å². The summed E-state index contributed by atoms with van der Waals surface area (Å²) in [6, 6.07) is 4.96. The molecule has 0 saturated heterocycles. The highest BCUT2D eigenvalue weighted by molar-refractivity contribution is 7.87. The molecular weight excluding hydrogens is 240 g/mol. The molecule has 1 aliphatic rings. The number of fused-ring (bicyclic) bond motifs is 1. The Kier molecular flexibility index (Phi) is 2.95. The monoisotopic (exact) mass is 254 g/mol. The van der Waals surface area contributed by atoms with Gasteiger partial charge in [0.15, 0.2) is 5.78 Å². The summed E-state index contributed by atoms with van der Waals surface area (Å²) in [5.41, 5.74) is 1.29. The van der Waals surface area contributed by atoms with Crippen molar-refractivity contribution >= 4 is 15.9 Å². The van der Waals surface area contributed by atoms with Crippen molar-refractivity contribution in [2.24, 2.45) is 5.92 Å². The van der Waals surface area contributed by atoms with E-state index in [0.29, 0.717) is 23.3 Å². The highest BCUT2D eigenvalue weighted by Crippen LogP contribution is 2.34. The van der Waals surface area contributed by atoms with Gasteiger partial charge in [0, 0.05) is 17.0 Å². The average Bonchev–Trinajstić information content (AvgIpc) is 2.57. The van der Waals surface area contributed by atoms with Gasteiger partial charge in [0.1, 0.15) is 5.75 Å². The van der Waals surface area contributed by atoms with E-state index in [1.165, 1.54) is 6.92 Å². The fraction of sp³-hybridized carbons (Fsp3) is 0.417. The van der Waals surface area contributed by atoms with Crippen molar-refractivity contribution in [3.05, 3.63) is 29.3 Å². The molecule has 0 aliphatic heterocycles. The van der Waals surface area contributed by atoms with Crippen LogP contribution < -0.4 is 4.18 Å². The van der Waals surface area contributed by atoms with Crippen LogP contribution in [0.5, 0.6) is 5.75 Å². The average molecular weight is 254 g/mol. The van der Waals surface area contributed by atoms with Gasteiger partial charge in [-0.25, -0.2) is 0 Å². The number of Topliss-reactive ketones (excluding diaryl/α,β-unsaturated/α-hetero) is 1. The van der Waals surface area contributed by atoms with E-state index < -0.39 is 10.1 Å². The van der Waals surface area contributed by atoms with E-state index in [9.17, 15) is 13.2 Å². The van der Waals surface area contributed by atoms with Crippen LogP contribution in [0.1, 0.15) is 29.8 Å². The Morgan fingerprint density at radius 2 is 2.12 bits per heavy atom. The molecule has 4 nitrogen and oxygen atoms in total. The first-order valence-electron chi connectivity index (χ1n) is 5.53. The van der Waals surface area contributed by atoms with Crippen LogP contribution >= 0.6 is 0 Å². The summed E-state index contributed by atoms with van der Waals surface area (Å²) in [5.74, 6) is 0.167. The van der Waals surface area contributed by atoms with Gasteiger partial charge in [0.05, 0.1) is 5.75 Å². The molecule has 0 spiro atoms. The van der Waals surface area contributed by atoms with Gasteiger partial charge in [-0.3, -0.25) is 4.79 Å². The highest BCUT2D eigenvalue weighted by Gasteiger charge is 2.30. The third kappa shape index (κ3) is 2.20. The fourth-order valence-electron chi connectivity index (χ4n) is 1.95. The Balaban J connectivity index is 2.43. The Labute approximate surface area is 101 Å². The van der Waals surface area contributed by atoms with Crippen molar-refractivity contribution in [2.45, 2.75) is 20.3 Å². The zero-order valence-corrected chi connectivity index (χ0v) is 10.6. The lowest BCUT2D eigenvalue weighted by Crippen LogP contribution is -2.12. The fourth-order valence-corrected chi connectivity index (χ4v) is 2.49. The Morgan fingerprint density at radius 3 is 2.76 bits per heavy atom. The predicted octanol–water partition coefficient (Wildman–Crippen LogP) is 1.79. The van der Waals surface area contributed by atoms with Crippen molar-refractivity contribution in [2.75, 3.05) is 5.75 Å². The van der Waals surface area contributed by atoms with Crippen LogP contribution in [-0.2, 0) is 16.5 Å². The molecule has 1 atom stereocenters. The molecule has 92 valence electrons. The van der Waals surface area contributed by atoms with E-state index in [1.807, 2.05) is 6.92 Å². The number of hydrogen-bond donors (Lipinski definition) is 0. The lowest BCUT2D eigenvalue weighted by Gasteiger charge is -2.08. The summed E-state index contributed by atoms with van der Waals surface area (Å²) in [6.45, 7) is 3.35. The molecule has 0 heterocycles. The van der Waals surface area contributed by atoms with Crippen LogP contribution in [0.3, 0.4) is 0 Å². The first-order valence-corrected chi connectivity index (χ1v) is 7.10. The molecule has 1 unspecified atom stereocenters. The summed E-state index contributed by atoms with van der Waals surface area (Å²) in [7, 11) is -3.54. The second-order valence-corrected chi connectivity index (χ2v) is 6.04. The van der Waals surface area contributed by atoms with Crippen LogP contribution in [-0.4, -0.2) is 20.0 Å². The number of carbonyl (C=O) groups excluding carboxylic acids is 1. The van der Waals surface area contributed by atoms with Crippen LogP contribution in [0.2, 0.25) is 0 Å². The van der Waals surface area contributed by atoms with Crippen molar-refractivity contribution < 1.29 is 17.4 Å². The second kappa shape index (κ2) is 4.14. The SMILES string of the molecule is CCS(=O)(=O)Oc1cccc2c1CC(C)C2=O. The number of rotatable bonds is 3. The summed E-state index contributed by atoms with van der Waals surface area (Å²) in [5, 5.41) is 0. The molecule has 5 heteroatoms. The van der Waals surface area contributed by atoms with Gasteiger partial charge in [0.25, 0.3) is 0 Å². The van der Waals surface area contributed by atoms with Gasteiger partial charge in [-0.2, -0.15) is 8.42 Å². The Morgan fingerprint density at radius 1 is 1.41 bits per heavy atom. The largest absolute Gasteiger partial charge is 0.382 e. The van der Waals surface area contributed by atoms with Gasteiger partial charge in [0.2, 0.25) is 0 Å². The number of hydrogen-bond acceptors (Lipinski definition) is 4. The summed E-state index contributed by atoms with van der Waals surface area (Å²) >= 11 is 0. The Bertz CT molecular complexity index is 560. The summed E-state index contributed by atoms with van der Waals surface area (Å²) in [6.07, 6.45) is 0.545. The third-order valence-electron chi connectivity index (χ3n) is 2.93. The van der Waals surface area contributed by atoms with E-state index in [1.54, 1.807) is 18.2 Å². The van der Waals surface area contributed by atoms with E-state index >= 15 is 0 Å². The maximum Gasteiger partial charge on any atom is 0.308 e. The maximum atomic E-state index is 11.8. The van der Waals surface area contributed by atoms with E-state index in [4.69, 9.17) is 4.18 Å². The molecule has 0 amide bonds. The normalized spacial score (nSPS) is 19.2. The Hall–Kier alpha value is -1.36. The molecule has 2 rings (SSSR count). The molecule has 0 bridgehead atoms. The molecule has 1 aromatic rings. The molecule has 0 radical (unpaired) electrons. The lowest BCUT2D eigenvalue weighted by molar-refractivity contribution is 0.0946. The topological polar surface area (TPSA) is 60.4 Å². The molecule has 0 saturated carbocycles. The van der Waals surface area contributed by atoms with Gasteiger partial charge in [-0.1, -0.05) is 19.1 Å². The number of benzene rings is 1. The standard InChI is InChI=1S/C12H14O4S/c1-3-17(14,15)16-11-6-4-5-9-10(11)7-8(2)12(9)13/h4-6,8H,3,7H2,1-2H3. The first kappa shape index (κ1) is 12.1. The van der Waals surface area contributed by atoms with Crippen molar-refractivity contribution in [1.82, 2.24) is 0 Å². The molecule has 17 heavy (non-hydrogen) atoms. The molecule has 0 fully saturated rings. The quantitative estimate of drug-likeness (QED) is 0.771. The lowest BCUT2D eigenvalue weighted by atomic mass is 10.1. The van der Waals surface area contributed by atoms with Crippen molar-refractivity contribution in [3.63, 3.8) is 0 Å². The summed E-state index contributed by atoms with van der Waals surface area (Å²) in [4.78, 5) is 11.8. The highest BCUT2D eigenvalue weighted by atomic mass is 32.2. The number of ketones is 1. The van der Waals surface area contributed by atoms with Crippen LogP contribution in [0.25, 0.3) is 0 Å². The smallest absolute Gasteiger partial charge is 0.308 e. The maximum absolute atomic E-state index is 11.8. The summed E-state index contributed by atoms with van der Waals surface area (Å²) < 4.78 is 27.9. The molecule has 1 aliphatic carbocycles. The minimum Gasteiger partial charge on any atom is -0.382 e. The van der Waals surface area contributed by atoms with Crippen LogP contribution in [0.15, 0.2) is 18.2 Å². The van der Waals surface area contributed by atoms with Gasteiger partial charge < -0.3 is 4.18 Å². The van der Waals surface area contributed by atoms with Gasteiger partial charge in [-0.05, 0) is 19.4 Å². The zero-order valence-electron chi connectivity index (χ0n) is 9.76. The van der Waals surface area contributed by atoms with Gasteiger partial charge in [-0.15, -0.1) is 0 Å². The van der Waals surface area contributed by atoms with Crippen molar-refractivity contribution in [1.29, 1.82) is 0 Å². The van der Waals surface area contributed by atoms with E-state index in [0.717, 1.165) is 0 Å². The molecule has 0 aromatic heterocycles. The minimum atomic E-state index is -3.54. The van der Waals surface area contributed by atoms with Crippen LogP contribution in [0, 0.1) is 5.92 Å². The van der Waals surface area contributed by atoms with Crippen molar-refractivity contribution in [3.8, 4) is 5.75 Å². The first-order chi connectivity index (χ1) is 7.94. The predicted molar refractivity (Wildman–Crippen MR) is 63.7 cm³/mol.